The van der Waals surface area contributed by atoms with Gasteiger partial charge in [-0.05, 0) is 43.0 Å². The summed E-state index contributed by atoms with van der Waals surface area (Å²) in [6.45, 7) is 0. The van der Waals surface area contributed by atoms with E-state index in [1.165, 1.54) is 18.3 Å². The van der Waals surface area contributed by atoms with Crippen LogP contribution in [0.15, 0.2) is 23.3 Å². The highest BCUT2D eigenvalue weighted by atomic mass is 16.3. The SMILES string of the molecule is O=C(N/N=C/c1ccc(O)c(O)c1)c1n[nH]c2c1CCC2. The number of aromatic amines is 1. The number of amides is 1. The quantitative estimate of drug-likeness (QED) is 0.384. The van der Waals surface area contributed by atoms with Crippen molar-refractivity contribution in [3.05, 3.63) is 40.7 Å². The number of rotatable bonds is 3. The van der Waals surface area contributed by atoms with E-state index in [0.717, 1.165) is 30.5 Å². The first-order chi connectivity index (χ1) is 10.1. The number of nitrogens with one attached hydrogen (secondary N) is 2. The first-order valence-corrected chi connectivity index (χ1v) is 6.56. The molecule has 1 aliphatic carbocycles. The molecule has 0 saturated carbocycles. The average molecular weight is 286 g/mol. The molecule has 7 nitrogen and oxygen atoms in total. The molecule has 1 aliphatic rings. The number of aromatic nitrogens is 2. The molecule has 0 aliphatic heterocycles. The Morgan fingerprint density at radius 2 is 2.19 bits per heavy atom. The Labute approximate surface area is 120 Å². The van der Waals surface area contributed by atoms with Gasteiger partial charge in [-0.2, -0.15) is 10.2 Å². The molecule has 0 atom stereocenters. The molecule has 0 fully saturated rings. The first kappa shape index (κ1) is 13.2. The largest absolute Gasteiger partial charge is 0.504 e. The van der Waals surface area contributed by atoms with E-state index in [2.05, 4.69) is 20.7 Å². The molecule has 3 rings (SSSR count). The van der Waals surface area contributed by atoms with Gasteiger partial charge in [-0.3, -0.25) is 9.89 Å². The minimum atomic E-state index is -0.367. The molecule has 4 N–H and O–H groups in total. The molecule has 1 amide bonds. The first-order valence-electron chi connectivity index (χ1n) is 6.56. The zero-order valence-electron chi connectivity index (χ0n) is 11.1. The Morgan fingerprint density at radius 1 is 1.33 bits per heavy atom. The third-order valence-electron chi connectivity index (χ3n) is 3.40. The fraction of sp³-hybridized carbons (Fsp3) is 0.214. The van der Waals surface area contributed by atoms with Crippen LogP contribution >= 0.6 is 0 Å². The molecule has 0 saturated heterocycles. The Kier molecular flexibility index (Phi) is 3.31. The fourth-order valence-corrected chi connectivity index (χ4v) is 2.35. The molecule has 7 heteroatoms. The summed E-state index contributed by atoms with van der Waals surface area (Å²) in [6, 6.07) is 4.26. The molecular weight excluding hydrogens is 272 g/mol. The third kappa shape index (κ3) is 2.58. The monoisotopic (exact) mass is 286 g/mol. The van der Waals surface area contributed by atoms with Crippen LogP contribution in [0.3, 0.4) is 0 Å². The molecule has 108 valence electrons. The molecule has 0 bridgehead atoms. The van der Waals surface area contributed by atoms with Crippen molar-refractivity contribution in [2.75, 3.05) is 0 Å². The van der Waals surface area contributed by atoms with E-state index in [4.69, 9.17) is 0 Å². The van der Waals surface area contributed by atoms with Gasteiger partial charge >= 0.3 is 0 Å². The number of aryl methyl sites for hydroxylation is 1. The van der Waals surface area contributed by atoms with Crippen LogP contribution in [0, 0.1) is 0 Å². The zero-order chi connectivity index (χ0) is 14.8. The third-order valence-corrected chi connectivity index (χ3v) is 3.40. The van der Waals surface area contributed by atoms with E-state index >= 15 is 0 Å². The summed E-state index contributed by atoms with van der Waals surface area (Å²) in [5.41, 5.74) is 5.32. The molecule has 21 heavy (non-hydrogen) atoms. The van der Waals surface area contributed by atoms with Crippen molar-refractivity contribution in [3.8, 4) is 11.5 Å². The van der Waals surface area contributed by atoms with E-state index in [1.54, 1.807) is 6.07 Å². The van der Waals surface area contributed by atoms with E-state index < -0.39 is 0 Å². The molecule has 1 aromatic heterocycles. The fourth-order valence-electron chi connectivity index (χ4n) is 2.35. The van der Waals surface area contributed by atoms with Gasteiger partial charge in [-0.1, -0.05) is 0 Å². The van der Waals surface area contributed by atoms with Crippen LogP contribution in [-0.4, -0.2) is 32.5 Å². The Hall–Kier alpha value is -2.83. The van der Waals surface area contributed by atoms with Crippen LogP contribution in [-0.2, 0) is 12.8 Å². The number of nitrogens with zero attached hydrogens (tertiary/aromatic N) is 2. The lowest BCUT2D eigenvalue weighted by Gasteiger charge is -1.99. The van der Waals surface area contributed by atoms with Crippen LogP contribution in [0.2, 0.25) is 0 Å². The highest BCUT2D eigenvalue weighted by Crippen LogP contribution is 2.24. The Balaban J connectivity index is 1.68. The van der Waals surface area contributed by atoms with E-state index in [9.17, 15) is 15.0 Å². The topological polar surface area (TPSA) is 111 Å². The summed E-state index contributed by atoms with van der Waals surface area (Å²) in [4.78, 5) is 12.0. The van der Waals surface area contributed by atoms with Gasteiger partial charge in [0.25, 0.3) is 5.91 Å². The van der Waals surface area contributed by atoms with E-state index in [0.29, 0.717) is 11.3 Å². The number of hydrazone groups is 1. The average Bonchev–Trinajstić information content (AvgIpc) is 3.05. The number of hydrogen-bond donors (Lipinski definition) is 4. The van der Waals surface area contributed by atoms with Crippen molar-refractivity contribution in [3.63, 3.8) is 0 Å². The van der Waals surface area contributed by atoms with Gasteiger partial charge in [0.1, 0.15) is 0 Å². The minimum absolute atomic E-state index is 0.205. The van der Waals surface area contributed by atoms with Gasteiger partial charge in [0, 0.05) is 11.3 Å². The van der Waals surface area contributed by atoms with Gasteiger partial charge in [-0.15, -0.1) is 0 Å². The Morgan fingerprint density at radius 3 is 3.00 bits per heavy atom. The zero-order valence-corrected chi connectivity index (χ0v) is 11.1. The molecule has 2 aromatic rings. The number of carbonyl (C=O) groups is 1. The van der Waals surface area contributed by atoms with Gasteiger partial charge in [0.2, 0.25) is 0 Å². The highest BCUT2D eigenvalue weighted by Gasteiger charge is 2.22. The molecule has 1 heterocycles. The maximum Gasteiger partial charge on any atom is 0.292 e. The molecule has 1 aromatic carbocycles. The number of aromatic hydroxyl groups is 2. The maximum absolute atomic E-state index is 12.0. The van der Waals surface area contributed by atoms with Crippen molar-refractivity contribution in [2.24, 2.45) is 5.10 Å². The summed E-state index contributed by atoms with van der Waals surface area (Å²) < 4.78 is 0. The number of fused-ring (bicyclic) bond motifs is 1. The van der Waals surface area contributed by atoms with Crippen molar-refractivity contribution in [1.82, 2.24) is 15.6 Å². The lowest BCUT2D eigenvalue weighted by molar-refractivity contribution is 0.0949. The lowest BCUT2D eigenvalue weighted by Crippen LogP contribution is -2.19. The second kappa shape index (κ2) is 5.28. The second-order valence-corrected chi connectivity index (χ2v) is 4.83. The molecular formula is C14H14N4O3. The standard InChI is InChI=1S/C14H14N4O3/c19-11-5-4-8(6-12(11)20)7-15-18-14(21)13-9-2-1-3-10(9)16-17-13/h4-7,19-20H,1-3H2,(H,16,17)(H,18,21)/b15-7+. The van der Waals surface area contributed by atoms with E-state index in [1.807, 2.05) is 0 Å². The van der Waals surface area contributed by atoms with Crippen LogP contribution < -0.4 is 5.43 Å². The number of phenols is 2. The summed E-state index contributed by atoms with van der Waals surface area (Å²) in [7, 11) is 0. The summed E-state index contributed by atoms with van der Waals surface area (Å²) in [5, 5.41) is 29.2. The van der Waals surface area contributed by atoms with Crippen molar-refractivity contribution in [1.29, 1.82) is 0 Å². The van der Waals surface area contributed by atoms with Gasteiger partial charge in [0.15, 0.2) is 17.2 Å². The number of H-pyrrole nitrogens is 1. The van der Waals surface area contributed by atoms with E-state index in [-0.39, 0.29) is 17.4 Å². The second-order valence-electron chi connectivity index (χ2n) is 4.83. The van der Waals surface area contributed by atoms with Crippen LogP contribution in [0.4, 0.5) is 0 Å². The number of carbonyl (C=O) groups excluding carboxylic acids is 1. The lowest BCUT2D eigenvalue weighted by atomic mass is 10.2. The normalized spacial score (nSPS) is 13.5. The molecule has 0 spiro atoms. The Bertz CT molecular complexity index is 721. The predicted octanol–water partition coefficient (Wildman–Crippen LogP) is 1.07. The van der Waals surface area contributed by atoms with Crippen molar-refractivity contribution < 1.29 is 15.0 Å². The number of benzene rings is 1. The van der Waals surface area contributed by atoms with Gasteiger partial charge in [0.05, 0.1) is 6.21 Å². The summed E-state index contributed by atoms with van der Waals surface area (Å²) in [6.07, 6.45) is 4.18. The highest BCUT2D eigenvalue weighted by molar-refractivity contribution is 5.94. The molecule has 0 radical (unpaired) electrons. The van der Waals surface area contributed by atoms with Crippen molar-refractivity contribution >= 4 is 12.1 Å². The van der Waals surface area contributed by atoms with Crippen LogP contribution in [0.25, 0.3) is 0 Å². The summed E-state index contributed by atoms with van der Waals surface area (Å²) in [5.74, 6) is -0.813. The van der Waals surface area contributed by atoms with Gasteiger partial charge < -0.3 is 10.2 Å². The molecule has 0 unspecified atom stereocenters. The predicted molar refractivity (Wildman–Crippen MR) is 75.4 cm³/mol. The smallest absolute Gasteiger partial charge is 0.292 e. The number of phenolic OH excluding ortho intramolecular Hbond substituents is 2. The van der Waals surface area contributed by atoms with Gasteiger partial charge in [-0.25, -0.2) is 5.43 Å². The number of hydrogen-bond acceptors (Lipinski definition) is 5. The van der Waals surface area contributed by atoms with Crippen LogP contribution in [0.5, 0.6) is 11.5 Å². The summed E-state index contributed by atoms with van der Waals surface area (Å²) >= 11 is 0. The minimum Gasteiger partial charge on any atom is -0.504 e. The maximum atomic E-state index is 12.0. The van der Waals surface area contributed by atoms with Crippen LogP contribution in [0.1, 0.15) is 33.7 Å². The van der Waals surface area contributed by atoms with Crippen molar-refractivity contribution in [2.45, 2.75) is 19.3 Å².